The molecule has 0 bridgehead atoms. The molecular weight excluding hydrogens is 357 g/mol. The molecule has 0 aliphatic carbocycles. The van der Waals surface area contributed by atoms with Crippen LogP contribution in [0.2, 0.25) is 10.0 Å². The predicted octanol–water partition coefficient (Wildman–Crippen LogP) is 2.24. The summed E-state index contributed by atoms with van der Waals surface area (Å²) in [6.45, 7) is 1.61. The van der Waals surface area contributed by atoms with Crippen LogP contribution in [0.3, 0.4) is 0 Å². The van der Waals surface area contributed by atoms with E-state index in [1.54, 1.807) is 35.0 Å². The molecule has 0 spiro atoms. The minimum Gasteiger partial charge on any atom is -0.480 e. The average molecular weight is 376 g/mol. The number of anilines is 1. The number of nitrogens with one attached hydrogen (secondary N) is 1. The number of aliphatic carboxylic acids is 1. The molecule has 2 amide bonds. The molecule has 1 heterocycles. The SMILES string of the molecule is CN(CC(=O)O)CC1CN(C(=O)Nc2ccc(Cl)c(Cl)c2)CCO1. The Morgan fingerprint density at radius 2 is 2.17 bits per heavy atom. The summed E-state index contributed by atoms with van der Waals surface area (Å²) in [6, 6.07) is 4.61. The molecule has 1 aliphatic rings. The van der Waals surface area contributed by atoms with E-state index < -0.39 is 5.97 Å². The number of rotatable bonds is 5. The first-order valence-electron chi connectivity index (χ1n) is 7.38. The first-order valence-corrected chi connectivity index (χ1v) is 8.13. The Kier molecular flexibility index (Phi) is 6.68. The van der Waals surface area contributed by atoms with E-state index in [-0.39, 0.29) is 18.7 Å². The summed E-state index contributed by atoms with van der Waals surface area (Å²) in [4.78, 5) is 26.3. The minimum absolute atomic E-state index is 0.0741. The van der Waals surface area contributed by atoms with Gasteiger partial charge >= 0.3 is 12.0 Å². The lowest BCUT2D eigenvalue weighted by atomic mass is 10.2. The van der Waals surface area contributed by atoms with Crippen LogP contribution in [0.25, 0.3) is 0 Å². The topological polar surface area (TPSA) is 82.1 Å². The summed E-state index contributed by atoms with van der Waals surface area (Å²) in [5.74, 6) is -0.900. The number of morpholine rings is 1. The Labute approximate surface area is 150 Å². The molecule has 0 aromatic heterocycles. The van der Waals surface area contributed by atoms with Gasteiger partial charge in [0.2, 0.25) is 0 Å². The van der Waals surface area contributed by atoms with Crippen molar-refractivity contribution in [1.82, 2.24) is 9.80 Å². The van der Waals surface area contributed by atoms with Gasteiger partial charge in [-0.1, -0.05) is 23.2 Å². The molecule has 24 heavy (non-hydrogen) atoms. The Bertz CT molecular complexity index is 614. The number of carboxylic acids is 1. The zero-order valence-corrected chi connectivity index (χ0v) is 14.7. The van der Waals surface area contributed by atoms with Crippen LogP contribution in [-0.4, -0.2) is 72.8 Å². The third-order valence-electron chi connectivity index (χ3n) is 3.52. The number of ether oxygens (including phenoxy) is 1. The standard InChI is InChI=1S/C15H19Cl2N3O4/c1-19(9-14(21)22)7-11-8-20(4-5-24-11)15(23)18-10-2-3-12(16)13(17)6-10/h2-3,6,11H,4-5,7-9H2,1H3,(H,18,23)(H,21,22). The number of carbonyl (C=O) groups is 2. The van der Waals surface area contributed by atoms with Gasteiger partial charge in [-0.25, -0.2) is 4.79 Å². The number of carboxylic acid groups (broad SMARTS) is 1. The third-order valence-corrected chi connectivity index (χ3v) is 4.26. The van der Waals surface area contributed by atoms with E-state index in [2.05, 4.69) is 5.32 Å². The molecule has 1 aromatic rings. The third kappa shape index (κ3) is 5.52. The predicted molar refractivity (Wildman–Crippen MR) is 91.9 cm³/mol. The molecule has 1 atom stereocenters. The van der Waals surface area contributed by atoms with Crippen molar-refractivity contribution in [3.8, 4) is 0 Å². The van der Waals surface area contributed by atoms with Crippen LogP contribution in [-0.2, 0) is 9.53 Å². The van der Waals surface area contributed by atoms with Gasteiger partial charge in [0, 0.05) is 25.3 Å². The maximum atomic E-state index is 12.3. The van der Waals surface area contributed by atoms with Crippen LogP contribution in [0.4, 0.5) is 10.5 Å². The number of halogens is 2. The van der Waals surface area contributed by atoms with E-state index >= 15 is 0 Å². The Morgan fingerprint density at radius 3 is 2.83 bits per heavy atom. The highest BCUT2D eigenvalue weighted by Gasteiger charge is 2.25. The highest BCUT2D eigenvalue weighted by Crippen LogP contribution is 2.25. The van der Waals surface area contributed by atoms with Crippen molar-refractivity contribution in [2.24, 2.45) is 0 Å². The van der Waals surface area contributed by atoms with E-state index in [9.17, 15) is 9.59 Å². The smallest absolute Gasteiger partial charge is 0.322 e. The molecule has 1 aromatic carbocycles. The molecule has 1 fully saturated rings. The normalized spacial score (nSPS) is 17.8. The van der Waals surface area contributed by atoms with Crippen molar-refractivity contribution in [3.05, 3.63) is 28.2 Å². The largest absolute Gasteiger partial charge is 0.480 e. The van der Waals surface area contributed by atoms with Crippen molar-refractivity contribution in [2.75, 3.05) is 45.2 Å². The lowest BCUT2D eigenvalue weighted by Gasteiger charge is -2.34. The molecule has 2 rings (SSSR count). The molecule has 0 radical (unpaired) electrons. The van der Waals surface area contributed by atoms with E-state index in [1.807, 2.05) is 0 Å². The van der Waals surface area contributed by atoms with E-state index in [1.165, 1.54) is 0 Å². The molecule has 2 N–H and O–H groups in total. The van der Waals surface area contributed by atoms with Gasteiger partial charge in [0.25, 0.3) is 0 Å². The highest BCUT2D eigenvalue weighted by molar-refractivity contribution is 6.42. The summed E-state index contributed by atoms with van der Waals surface area (Å²) in [5, 5.41) is 12.3. The minimum atomic E-state index is -0.900. The van der Waals surface area contributed by atoms with Crippen molar-refractivity contribution < 1.29 is 19.4 Å². The maximum Gasteiger partial charge on any atom is 0.322 e. The molecular formula is C15H19Cl2N3O4. The lowest BCUT2D eigenvalue weighted by Crippen LogP contribution is -2.50. The number of nitrogens with zero attached hydrogens (tertiary/aromatic N) is 2. The van der Waals surface area contributed by atoms with Crippen LogP contribution in [0.15, 0.2) is 18.2 Å². The van der Waals surface area contributed by atoms with E-state index in [4.69, 9.17) is 33.0 Å². The quantitative estimate of drug-likeness (QED) is 0.824. The van der Waals surface area contributed by atoms with Crippen molar-refractivity contribution >= 4 is 40.9 Å². The van der Waals surface area contributed by atoms with Crippen LogP contribution in [0.1, 0.15) is 0 Å². The Hall–Kier alpha value is -1.54. The number of urea groups is 1. The van der Waals surface area contributed by atoms with Gasteiger partial charge in [-0.15, -0.1) is 0 Å². The number of amides is 2. The van der Waals surface area contributed by atoms with Gasteiger partial charge < -0.3 is 20.1 Å². The first-order chi connectivity index (χ1) is 11.3. The van der Waals surface area contributed by atoms with Crippen LogP contribution >= 0.6 is 23.2 Å². The van der Waals surface area contributed by atoms with E-state index in [0.717, 1.165) is 0 Å². The van der Waals surface area contributed by atoms with E-state index in [0.29, 0.717) is 42.0 Å². The fourth-order valence-electron chi connectivity index (χ4n) is 2.43. The van der Waals surface area contributed by atoms with Crippen molar-refractivity contribution in [2.45, 2.75) is 6.10 Å². The van der Waals surface area contributed by atoms with Gasteiger partial charge in [-0.3, -0.25) is 9.69 Å². The number of carbonyl (C=O) groups excluding carboxylic acids is 1. The summed E-state index contributed by atoms with van der Waals surface area (Å²) in [7, 11) is 1.70. The van der Waals surface area contributed by atoms with Crippen LogP contribution < -0.4 is 5.32 Å². The van der Waals surface area contributed by atoms with Gasteiger partial charge in [0.05, 0.1) is 29.3 Å². The van der Waals surface area contributed by atoms with Crippen LogP contribution in [0.5, 0.6) is 0 Å². The summed E-state index contributed by atoms with van der Waals surface area (Å²) >= 11 is 11.8. The first kappa shape index (κ1) is 18.8. The molecule has 1 aliphatic heterocycles. The molecule has 1 unspecified atom stereocenters. The second-order valence-corrected chi connectivity index (χ2v) is 6.40. The molecule has 132 valence electrons. The maximum absolute atomic E-state index is 12.3. The fraction of sp³-hybridized carbons (Fsp3) is 0.467. The molecule has 1 saturated heterocycles. The number of likely N-dealkylation sites (N-methyl/N-ethyl adjacent to an activating group) is 1. The Morgan fingerprint density at radius 1 is 1.42 bits per heavy atom. The van der Waals surface area contributed by atoms with Crippen LogP contribution in [0, 0.1) is 0 Å². The molecule has 7 nitrogen and oxygen atoms in total. The lowest BCUT2D eigenvalue weighted by molar-refractivity contribution is -0.138. The number of hydrogen-bond donors (Lipinski definition) is 2. The highest BCUT2D eigenvalue weighted by atomic mass is 35.5. The molecule has 0 saturated carbocycles. The summed E-state index contributed by atoms with van der Waals surface area (Å²) in [5.41, 5.74) is 0.556. The monoisotopic (exact) mass is 375 g/mol. The second-order valence-electron chi connectivity index (χ2n) is 5.59. The van der Waals surface area contributed by atoms with Gasteiger partial charge in [0.15, 0.2) is 0 Å². The summed E-state index contributed by atoms with van der Waals surface area (Å²) in [6.07, 6.45) is -0.234. The zero-order chi connectivity index (χ0) is 17.7. The van der Waals surface area contributed by atoms with Gasteiger partial charge in [-0.05, 0) is 25.2 Å². The van der Waals surface area contributed by atoms with Gasteiger partial charge in [-0.2, -0.15) is 0 Å². The number of benzene rings is 1. The van der Waals surface area contributed by atoms with Crippen molar-refractivity contribution in [1.29, 1.82) is 0 Å². The Balaban J connectivity index is 1.89. The second kappa shape index (κ2) is 8.53. The fourth-order valence-corrected chi connectivity index (χ4v) is 2.73. The van der Waals surface area contributed by atoms with Crippen molar-refractivity contribution in [3.63, 3.8) is 0 Å². The van der Waals surface area contributed by atoms with Gasteiger partial charge in [0.1, 0.15) is 0 Å². The number of hydrogen-bond acceptors (Lipinski definition) is 4. The zero-order valence-electron chi connectivity index (χ0n) is 13.2. The average Bonchev–Trinajstić information content (AvgIpc) is 2.50. The molecule has 9 heteroatoms. The summed E-state index contributed by atoms with van der Waals surface area (Å²) < 4.78 is 5.60.